The fourth-order valence-electron chi connectivity index (χ4n) is 3.86. The zero-order valence-electron chi connectivity index (χ0n) is 17.6. The van der Waals surface area contributed by atoms with Crippen molar-refractivity contribution in [3.8, 4) is 11.3 Å². The van der Waals surface area contributed by atoms with Crippen LogP contribution < -0.4 is 5.32 Å². The molecular weight excluding hydrogens is 395 g/mol. The Bertz CT molecular complexity index is 1300. The van der Waals surface area contributed by atoms with Gasteiger partial charge in [0.25, 0.3) is 0 Å². The molecule has 2 aromatic carbocycles. The number of aromatic carboxylic acids is 1. The van der Waals surface area contributed by atoms with Crippen LogP contribution in [0.25, 0.3) is 22.2 Å². The number of nitrogens with zero attached hydrogens (tertiary/aromatic N) is 3. The Labute approximate surface area is 179 Å². The quantitative estimate of drug-likeness (QED) is 0.462. The summed E-state index contributed by atoms with van der Waals surface area (Å²) in [6.07, 6.45) is 1.47. The second kappa shape index (κ2) is 8.18. The Morgan fingerprint density at radius 1 is 1.06 bits per heavy atom. The summed E-state index contributed by atoms with van der Waals surface area (Å²) in [6.45, 7) is 6.87. The summed E-state index contributed by atoms with van der Waals surface area (Å²) >= 11 is 0. The molecule has 0 spiro atoms. The van der Waals surface area contributed by atoms with Gasteiger partial charge in [0.15, 0.2) is 0 Å². The molecule has 0 aliphatic rings. The second-order valence-electron chi connectivity index (χ2n) is 7.61. The summed E-state index contributed by atoms with van der Waals surface area (Å²) in [6, 6.07) is 12.3. The van der Waals surface area contributed by atoms with Gasteiger partial charge in [0, 0.05) is 35.8 Å². The largest absolute Gasteiger partial charge is 0.478 e. The molecule has 0 saturated carbocycles. The van der Waals surface area contributed by atoms with Gasteiger partial charge in [-0.2, -0.15) is 0 Å². The van der Waals surface area contributed by atoms with E-state index in [9.17, 15) is 14.3 Å². The van der Waals surface area contributed by atoms with Crippen LogP contribution in [0.15, 0.2) is 48.8 Å². The van der Waals surface area contributed by atoms with Gasteiger partial charge in [0.05, 0.1) is 16.8 Å². The van der Waals surface area contributed by atoms with Crippen molar-refractivity contribution in [2.45, 2.75) is 27.3 Å². The van der Waals surface area contributed by atoms with Crippen LogP contribution in [0.3, 0.4) is 0 Å². The molecule has 0 aliphatic carbocycles. The first-order chi connectivity index (χ1) is 14.8. The molecule has 0 amide bonds. The maximum atomic E-state index is 14.4. The third kappa shape index (κ3) is 3.99. The number of hydrogen-bond acceptors (Lipinski definition) is 4. The molecule has 0 saturated heterocycles. The van der Waals surface area contributed by atoms with Crippen LogP contribution in [0, 0.1) is 26.6 Å². The van der Waals surface area contributed by atoms with Crippen molar-refractivity contribution in [1.29, 1.82) is 0 Å². The van der Waals surface area contributed by atoms with Crippen molar-refractivity contribution in [2.24, 2.45) is 0 Å². The normalized spacial score (nSPS) is 11.1. The lowest BCUT2D eigenvalue weighted by molar-refractivity contribution is 0.0696. The van der Waals surface area contributed by atoms with E-state index < -0.39 is 5.97 Å². The number of aromatic nitrogens is 3. The van der Waals surface area contributed by atoms with Gasteiger partial charge in [-0.25, -0.2) is 19.2 Å². The monoisotopic (exact) mass is 418 g/mol. The summed E-state index contributed by atoms with van der Waals surface area (Å²) in [5.74, 6) is -0.525. The van der Waals surface area contributed by atoms with Gasteiger partial charge in [0.1, 0.15) is 18.0 Å². The molecule has 31 heavy (non-hydrogen) atoms. The topological polar surface area (TPSA) is 80.0 Å². The predicted molar refractivity (Wildman–Crippen MR) is 119 cm³/mol. The number of carbonyl (C=O) groups is 1. The highest BCUT2D eigenvalue weighted by atomic mass is 19.1. The third-order valence-corrected chi connectivity index (χ3v) is 5.50. The third-order valence-electron chi connectivity index (χ3n) is 5.50. The number of benzene rings is 2. The van der Waals surface area contributed by atoms with Gasteiger partial charge >= 0.3 is 5.97 Å². The van der Waals surface area contributed by atoms with Gasteiger partial charge in [-0.3, -0.25) is 0 Å². The fraction of sp³-hybridized carbons (Fsp3) is 0.208. The molecule has 0 bridgehead atoms. The number of anilines is 1. The Kier molecular flexibility index (Phi) is 5.42. The molecule has 0 unspecified atom stereocenters. The van der Waals surface area contributed by atoms with Crippen molar-refractivity contribution < 1.29 is 14.3 Å². The summed E-state index contributed by atoms with van der Waals surface area (Å²) in [4.78, 5) is 19.8. The molecule has 6 nitrogen and oxygen atoms in total. The Hall–Kier alpha value is -3.74. The molecule has 2 aromatic heterocycles. The molecular formula is C24H23FN4O2. The molecule has 4 aromatic rings. The lowest BCUT2D eigenvalue weighted by atomic mass is 10.0. The maximum Gasteiger partial charge on any atom is 0.335 e. The summed E-state index contributed by atoms with van der Waals surface area (Å²) < 4.78 is 16.4. The van der Waals surface area contributed by atoms with Crippen molar-refractivity contribution in [1.82, 2.24) is 14.5 Å². The maximum absolute atomic E-state index is 14.4. The number of halogens is 1. The van der Waals surface area contributed by atoms with E-state index in [1.165, 1.54) is 12.4 Å². The van der Waals surface area contributed by atoms with E-state index in [1.54, 1.807) is 31.2 Å². The van der Waals surface area contributed by atoms with Crippen LogP contribution >= 0.6 is 0 Å². The summed E-state index contributed by atoms with van der Waals surface area (Å²) in [5, 5.41) is 13.4. The second-order valence-corrected chi connectivity index (χ2v) is 7.61. The Morgan fingerprint density at radius 2 is 1.87 bits per heavy atom. The van der Waals surface area contributed by atoms with Gasteiger partial charge in [-0.05, 0) is 56.2 Å². The van der Waals surface area contributed by atoms with Crippen LogP contribution in [0.2, 0.25) is 0 Å². The van der Waals surface area contributed by atoms with Gasteiger partial charge < -0.3 is 15.0 Å². The van der Waals surface area contributed by atoms with Crippen molar-refractivity contribution in [3.05, 3.63) is 77.0 Å². The van der Waals surface area contributed by atoms with E-state index in [0.29, 0.717) is 35.7 Å². The number of rotatable bonds is 6. The predicted octanol–water partition coefficient (Wildman–Crippen LogP) is 4.97. The lowest BCUT2D eigenvalue weighted by Gasteiger charge is -2.12. The Balaban J connectivity index is 1.52. The minimum atomic E-state index is -0.950. The molecule has 0 aliphatic heterocycles. The average Bonchev–Trinajstić information content (AvgIpc) is 3.08. The number of hydrogen-bond donors (Lipinski definition) is 2. The first-order valence-corrected chi connectivity index (χ1v) is 10.0. The van der Waals surface area contributed by atoms with Crippen LogP contribution in [-0.4, -0.2) is 32.2 Å². The number of fused-ring (bicyclic) bond motifs is 1. The minimum absolute atomic E-state index is 0.224. The zero-order chi connectivity index (χ0) is 22.1. The van der Waals surface area contributed by atoms with Gasteiger partial charge in [-0.15, -0.1) is 0 Å². The van der Waals surface area contributed by atoms with Crippen molar-refractivity contribution in [2.75, 3.05) is 11.9 Å². The van der Waals surface area contributed by atoms with Crippen LogP contribution in [0.1, 0.15) is 27.2 Å². The van der Waals surface area contributed by atoms with Crippen molar-refractivity contribution in [3.63, 3.8) is 0 Å². The van der Waals surface area contributed by atoms with Crippen LogP contribution in [0.5, 0.6) is 0 Å². The molecule has 0 fully saturated rings. The first kappa shape index (κ1) is 20.5. The van der Waals surface area contributed by atoms with E-state index in [2.05, 4.69) is 15.3 Å². The van der Waals surface area contributed by atoms with Crippen LogP contribution in [0.4, 0.5) is 10.2 Å². The number of aryl methyl sites for hydroxylation is 3. The average molecular weight is 418 g/mol. The van der Waals surface area contributed by atoms with Crippen molar-refractivity contribution >= 4 is 22.7 Å². The minimum Gasteiger partial charge on any atom is -0.478 e. The Morgan fingerprint density at radius 3 is 2.61 bits per heavy atom. The number of carboxylic acid groups (broad SMARTS) is 1. The molecule has 0 atom stereocenters. The van der Waals surface area contributed by atoms with E-state index in [4.69, 9.17) is 0 Å². The molecule has 158 valence electrons. The lowest BCUT2D eigenvalue weighted by Crippen LogP contribution is -2.13. The molecule has 7 heteroatoms. The first-order valence-electron chi connectivity index (χ1n) is 10.0. The van der Waals surface area contributed by atoms with Crippen LogP contribution in [-0.2, 0) is 6.54 Å². The molecule has 0 radical (unpaired) electrons. The van der Waals surface area contributed by atoms with Gasteiger partial charge in [0.2, 0.25) is 0 Å². The van der Waals surface area contributed by atoms with E-state index in [0.717, 1.165) is 22.2 Å². The number of carboxylic acids is 1. The number of nitrogens with one attached hydrogen (secondary N) is 1. The summed E-state index contributed by atoms with van der Waals surface area (Å²) in [7, 11) is 0. The highest BCUT2D eigenvalue weighted by Crippen LogP contribution is 2.26. The van der Waals surface area contributed by atoms with E-state index in [-0.39, 0.29) is 11.4 Å². The summed E-state index contributed by atoms with van der Waals surface area (Å²) in [5.41, 5.74) is 5.13. The zero-order valence-corrected chi connectivity index (χ0v) is 17.6. The van der Waals surface area contributed by atoms with E-state index in [1.807, 2.05) is 30.5 Å². The highest BCUT2D eigenvalue weighted by Gasteiger charge is 2.12. The molecule has 2 N–H and O–H groups in total. The molecule has 4 rings (SSSR count). The fourth-order valence-corrected chi connectivity index (χ4v) is 3.86. The molecule has 2 heterocycles. The highest BCUT2D eigenvalue weighted by molar-refractivity contribution is 5.90. The van der Waals surface area contributed by atoms with E-state index >= 15 is 0 Å². The smallest absolute Gasteiger partial charge is 0.335 e. The van der Waals surface area contributed by atoms with Gasteiger partial charge in [-0.1, -0.05) is 12.1 Å². The SMILES string of the molecule is Cc1cc(-c2cc(NCCn3c(C)cc4c(C)ccc(F)c43)ncn2)ccc1C(=O)O. The standard InChI is InChI=1S/C24H23FN4O2/c1-14-4-7-20(25)23-19(14)11-16(3)29(23)9-8-26-22-12-21(27-13-28-22)17-5-6-18(24(30)31)15(2)10-17/h4-7,10-13H,8-9H2,1-3H3,(H,30,31)(H,26,27,28).